The van der Waals surface area contributed by atoms with Crippen molar-refractivity contribution in [1.82, 2.24) is 15.2 Å². The molecular formula is C24H22F3N5O5. The van der Waals surface area contributed by atoms with Crippen LogP contribution in [0, 0.1) is 0 Å². The van der Waals surface area contributed by atoms with Crippen LogP contribution in [0.25, 0.3) is 0 Å². The number of aromatic nitrogens is 2. The first-order valence-electron chi connectivity index (χ1n) is 11.1. The van der Waals surface area contributed by atoms with Crippen molar-refractivity contribution in [2.45, 2.75) is 32.4 Å². The zero-order chi connectivity index (χ0) is 26.6. The average molecular weight is 517 g/mol. The highest BCUT2D eigenvalue weighted by Gasteiger charge is 2.34. The summed E-state index contributed by atoms with van der Waals surface area (Å²) in [5, 5.41) is 14.5. The van der Waals surface area contributed by atoms with Crippen molar-refractivity contribution in [2.75, 3.05) is 12.4 Å². The van der Waals surface area contributed by atoms with Gasteiger partial charge in [-0.1, -0.05) is 19.1 Å². The summed E-state index contributed by atoms with van der Waals surface area (Å²) in [6, 6.07) is 12.2. The van der Waals surface area contributed by atoms with Crippen molar-refractivity contribution >= 4 is 23.4 Å². The Morgan fingerprint density at radius 3 is 2.54 bits per heavy atom. The maximum Gasteiger partial charge on any atom is 0.573 e. The Hall–Kier alpha value is -4.55. The number of methoxy groups -OCH3 is 1. The summed E-state index contributed by atoms with van der Waals surface area (Å²) in [5.74, 6) is -1.04. The van der Waals surface area contributed by atoms with E-state index in [1.54, 1.807) is 31.2 Å². The van der Waals surface area contributed by atoms with Crippen LogP contribution in [0.2, 0.25) is 0 Å². The number of hydrogen-bond donors (Lipinski definition) is 2. The number of benzene rings is 2. The smallest absolute Gasteiger partial charge is 0.493 e. The van der Waals surface area contributed by atoms with Gasteiger partial charge in [-0.05, 0) is 48.4 Å². The number of anilines is 1. The van der Waals surface area contributed by atoms with E-state index in [-0.39, 0.29) is 35.2 Å². The molecule has 0 saturated carbocycles. The first-order chi connectivity index (χ1) is 17.7. The minimum atomic E-state index is -4.92. The molecule has 0 bridgehead atoms. The lowest BCUT2D eigenvalue weighted by Gasteiger charge is -2.29. The molecule has 0 spiro atoms. The number of halogens is 3. The van der Waals surface area contributed by atoms with Crippen LogP contribution in [-0.4, -0.2) is 52.5 Å². The second kappa shape index (κ2) is 10.6. The Balaban J connectivity index is 1.55. The first-order valence-corrected chi connectivity index (χ1v) is 11.1. The van der Waals surface area contributed by atoms with Gasteiger partial charge in [0.05, 0.1) is 13.7 Å². The summed E-state index contributed by atoms with van der Waals surface area (Å²) in [6.07, 6.45) is -4.51. The van der Waals surface area contributed by atoms with Gasteiger partial charge in [0.15, 0.2) is 11.5 Å². The van der Waals surface area contributed by atoms with E-state index in [1.807, 2.05) is 0 Å². The largest absolute Gasteiger partial charge is 0.573 e. The Bertz CT molecular complexity index is 1290. The van der Waals surface area contributed by atoms with Crippen LogP contribution in [0.5, 0.6) is 11.5 Å². The van der Waals surface area contributed by atoms with E-state index in [0.29, 0.717) is 17.7 Å². The van der Waals surface area contributed by atoms with Crippen molar-refractivity contribution < 1.29 is 37.0 Å². The molecule has 2 amide bonds. The topological polar surface area (TPSA) is 118 Å². The minimum absolute atomic E-state index is 0.0222. The monoisotopic (exact) mass is 517 g/mol. The van der Waals surface area contributed by atoms with Crippen LogP contribution >= 0.6 is 0 Å². The van der Waals surface area contributed by atoms with E-state index in [4.69, 9.17) is 9.47 Å². The van der Waals surface area contributed by atoms with Gasteiger partial charge < -0.3 is 19.5 Å². The predicted molar refractivity (Wildman–Crippen MR) is 125 cm³/mol. The summed E-state index contributed by atoms with van der Waals surface area (Å²) in [7, 11) is 1.22. The third kappa shape index (κ3) is 6.18. The number of ether oxygens (including phenoxy) is 3. The molecule has 194 valence electrons. The van der Waals surface area contributed by atoms with Gasteiger partial charge in [0.2, 0.25) is 0 Å². The van der Waals surface area contributed by atoms with Gasteiger partial charge in [-0.15, -0.1) is 13.2 Å². The fraction of sp³-hybridized carbons (Fsp3) is 0.250. The lowest BCUT2D eigenvalue weighted by Crippen LogP contribution is -2.41. The maximum atomic E-state index is 12.9. The molecule has 1 aliphatic heterocycles. The van der Waals surface area contributed by atoms with E-state index in [1.165, 1.54) is 31.5 Å². The minimum Gasteiger partial charge on any atom is -0.493 e. The van der Waals surface area contributed by atoms with Gasteiger partial charge in [0.1, 0.15) is 17.5 Å². The van der Waals surface area contributed by atoms with Crippen molar-refractivity contribution in [1.29, 1.82) is 0 Å². The summed E-state index contributed by atoms with van der Waals surface area (Å²) in [4.78, 5) is 24.7. The standard InChI is InChI=1S/C24H22F3N5O5/c1-3-18-21(15-6-9-19(35-2)20(12-15)37-24(25,26)27)31-32(23(34)36-18)13-14-4-7-16(8-5-14)29-22(33)17-10-11-28-30-17/h4-12,18H,3,13H2,1-2H3,(H,28,30)(H,29,33). The number of nitrogens with zero attached hydrogens (tertiary/aromatic N) is 3. The number of rotatable bonds is 8. The summed E-state index contributed by atoms with van der Waals surface area (Å²) in [6.45, 7) is 1.78. The Morgan fingerprint density at radius 1 is 1.16 bits per heavy atom. The summed E-state index contributed by atoms with van der Waals surface area (Å²) in [5.41, 5.74) is 1.96. The highest BCUT2D eigenvalue weighted by molar-refractivity contribution is 6.06. The number of amides is 2. The highest BCUT2D eigenvalue weighted by atomic mass is 19.4. The molecule has 1 unspecified atom stereocenters. The van der Waals surface area contributed by atoms with Crippen LogP contribution in [0.3, 0.4) is 0 Å². The lowest BCUT2D eigenvalue weighted by atomic mass is 10.0. The zero-order valence-electron chi connectivity index (χ0n) is 19.7. The SMILES string of the molecule is CCC1OC(=O)N(Cc2ccc(NC(=O)c3cc[nH]n3)cc2)N=C1c1ccc(OC)c(OC(F)(F)F)c1. The molecule has 10 nitrogen and oxygen atoms in total. The molecule has 4 rings (SSSR count). The fourth-order valence-electron chi connectivity index (χ4n) is 3.58. The molecule has 2 aromatic carbocycles. The summed E-state index contributed by atoms with van der Waals surface area (Å²) < 4.78 is 53.2. The Kier molecular flexibility index (Phi) is 7.32. The molecule has 1 aromatic heterocycles. The molecule has 0 radical (unpaired) electrons. The van der Waals surface area contributed by atoms with Gasteiger partial charge in [0, 0.05) is 17.4 Å². The molecular weight excluding hydrogens is 495 g/mol. The third-order valence-electron chi connectivity index (χ3n) is 5.32. The number of H-pyrrole nitrogens is 1. The van der Waals surface area contributed by atoms with Crippen LogP contribution in [-0.2, 0) is 11.3 Å². The first kappa shape index (κ1) is 25.5. The molecule has 0 aliphatic carbocycles. The molecule has 13 heteroatoms. The van der Waals surface area contributed by atoms with Gasteiger partial charge in [-0.3, -0.25) is 9.89 Å². The number of hydrogen-bond acceptors (Lipinski definition) is 7. The average Bonchev–Trinajstić information content (AvgIpc) is 3.40. The van der Waals surface area contributed by atoms with Crippen molar-refractivity contribution in [3.63, 3.8) is 0 Å². The molecule has 0 fully saturated rings. The number of alkyl halides is 3. The molecule has 0 saturated heterocycles. The predicted octanol–water partition coefficient (Wildman–Crippen LogP) is 4.70. The summed E-state index contributed by atoms with van der Waals surface area (Å²) >= 11 is 0. The van der Waals surface area contributed by atoms with Gasteiger partial charge in [-0.25, -0.2) is 4.79 Å². The van der Waals surface area contributed by atoms with Gasteiger partial charge in [0.25, 0.3) is 5.91 Å². The van der Waals surface area contributed by atoms with Crippen LogP contribution < -0.4 is 14.8 Å². The van der Waals surface area contributed by atoms with E-state index in [2.05, 4.69) is 25.4 Å². The molecule has 1 atom stereocenters. The quantitative estimate of drug-likeness (QED) is 0.447. The molecule has 1 aliphatic rings. The number of carbonyl (C=O) groups excluding carboxylic acids is 2. The number of aromatic amines is 1. The number of nitrogens with one attached hydrogen (secondary N) is 2. The normalized spacial score (nSPS) is 15.6. The molecule has 2 heterocycles. The van der Waals surface area contributed by atoms with Crippen molar-refractivity contribution in [2.24, 2.45) is 5.10 Å². The van der Waals surface area contributed by atoms with Gasteiger partial charge >= 0.3 is 12.5 Å². The van der Waals surface area contributed by atoms with E-state index in [0.717, 1.165) is 11.1 Å². The van der Waals surface area contributed by atoms with Crippen molar-refractivity contribution in [3.8, 4) is 11.5 Å². The van der Waals surface area contributed by atoms with E-state index >= 15 is 0 Å². The fourth-order valence-corrected chi connectivity index (χ4v) is 3.58. The lowest BCUT2D eigenvalue weighted by molar-refractivity contribution is -0.275. The second-order valence-electron chi connectivity index (χ2n) is 7.85. The van der Waals surface area contributed by atoms with Gasteiger partial charge in [-0.2, -0.15) is 15.2 Å². The Labute approximate surface area is 209 Å². The Morgan fingerprint density at radius 2 is 1.92 bits per heavy atom. The number of carbonyl (C=O) groups is 2. The maximum absolute atomic E-state index is 12.9. The molecule has 37 heavy (non-hydrogen) atoms. The van der Waals surface area contributed by atoms with Crippen LogP contribution in [0.15, 0.2) is 59.8 Å². The van der Waals surface area contributed by atoms with E-state index in [9.17, 15) is 22.8 Å². The van der Waals surface area contributed by atoms with Crippen LogP contribution in [0.1, 0.15) is 35.0 Å². The van der Waals surface area contributed by atoms with Crippen LogP contribution in [0.4, 0.5) is 23.7 Å². The van der Waals surface area contributed by atoms with Crippen molar-refractivity contribution in [3.05, 3.63) is 71.5 Å². The number of cyclic esters (lactones) is 1. The highest BCUT2D eigenvalue weighted by Crippen LogP contribution is 2.34. The zero-order valence-corrected chi connectivity index (χ0v) is 19.7. The molecule has 3 aromatic rings. The second-order valence-corrected chi connectivity index (χ2v) is 7.85. The third-order valence-corrected chi connectivity index (χ3v) is 5.32. The molecule has 2 N–H and O–H groups in total. The number of hydrazone groups is 1. The van der Waals surface area contributed by atoms with E-state index < -0.39 is 24.3 Å².